The Morgan fingerprint density at radius 1 is 1.04 bits per heavy atom. The highest BCUT2D eigenvalue weighted by molar-refractivity contribution is 5.85. The molecule has 0 aromatic heterocycles. The molecule has 2 aromatic rings. The Kier molecular flexibility index (Phi) is 3.44. The molecule has 0 spiro atoms. The van der Waals surface area contributed by atoms with E-state index in [1.54, 1.807) is 24.3 Å². The van der Waals surface area contributed by atoms with Crippen LogP contribution in [-0.2, 0) is 12.3 Å². The summed E-state index contributed by atoms with van der Waals surface area (Å²) in [5.74, 6) is -3.86. The lowest BCUT2D eigenvalue weighted by molar-refractivity contribution is -0.0834. The summed E-state index contributed by atoms with van der Waals surface area (Å²) in [4.78, 5) is 0. The zero-order valence-electron chi connectivity index (χ0n) is 13.3. The lowest BCUT2D eigenvalue weighted by Gasteiger charge is -2.33. The SMILES string of the molecule is CC1CCC(C2Cc3cc4ccccc4c(F)c3C2(F)F)CC1. The highest BCUT2D eigenvalue weighted by Gasteiger charge is 2.53. The van der Waals surface area contributed by atoms with Crippen LogP contribution in [0.1, 0.15) is 43.7 Å². The summed E-state index contributed by atoms with van der Waals surface area (Å²) in [6.07, 6.45) is 4.02. The molecule has 2 aliphatic carbocycles. The fraction of sp³-hybridized carbons (Fsp3) is 0.500. The Bertz CT molecular complexity index is 742. The molecule has 0 nitrogen and oxygen atoms in total. The number of alkyl halides is 2. The quantitative estimate of drug-likeness (QED) is 0.598. The van der Waals surface area contributed by atoms with Gasteiger partial charge in [0.05, 0.1) is 5.56 Å². The molecule has 0 aliphatic heterocycles. The Balaban J connectivity index is 1.77. The van der Waals surface area contributed by atoms with E-state index >= 15 is 8.78 Å². The predicted molar refractivity (Wildman–Crippen MR) is 86.1 cm³/mol. The smallest absolute Gasteiger partial charge is 0.206 e. The second-order valence-electron chi connectivity index (χ2n) is 7.40. The van der Waals surface area contributed by atoms with E-state index in [9.17, 15) is 4.39 Å². The fourth-order valence-corrected chi connectivity index (χ4v) is 4.58. The molecule has 1 unspecified atom stereocenters. The van der Waals surface area contributed by atoms with Crippen LogP contribution in [0.4, 0.5) is 13.2 Å². The summed E-state index contributed by atoms with van der Waals surface area (Å²) < 4.78 is 44.9. The number of rotatable bonds is 1. The van der Waals surface area contributed by atoms with Crippen LogP contribution in [0.2, 0.25) is 0 Å². The maximum atomic E-state index is 15.0. The first-order valence-electron chi connectivity index (χ1n) is 8.57. The number of hydrogen-bond donors (Lipinski definition) is 0. The molecule has 122 valence electrons. The first-order chi connectivity index (χ1) is 11.0. The minimum atomic E-state index is -3.05. The summed E-state index contributed by atoms with van der Waals surface area (Å²) in [6.45, 7) is 2.18. The second-order valence-corrected chi connectivity index (χ2v) is 7.40. The fourth-order valence-electron chi connectivity index (χ4n) is 4.58. The van der Waals surface area contributed by atoms with Crippen molar-refractivity contribution in [3.8, 4) is 0 Å². The highest BCUT2D eigenvalue weighted by Crippen LogP contribution is 2.54. The van der Waals surface area contributed by atoms with Crippen LogP contribution in [0, 0.1) is 23.6 Å². The van der Waals surface area contributed by atoms with E-state index in [1.807, 2.05) is 6.07 Å². The van der Waals surface area contributed by atoms with Gasteiger partial charge in [0.2, 0.25) is 0 Å². The molecule has 2 aromatic carbocycles. The minimum absolute atomic E-state index is 0.0103. The summed E-state index contributed by atoms with van der Waals surface area (Å²) >= 11 is 0. The summed E-state index contributed by atoms with van der Waals surface area (Å²) in [5, 5.41) is 1.03. The van der Waals surface area contributed by atoms with Gasteiger partial charge in [-0.1, -0.05) is 50.1 Å². The zero-order chi connectivity index (χ0) is 16.2. The van der Waals surface area contributed by atoms with Crippen LogP contribution >= 0.6 is 0 Å². The van der Waals surface area contributed by atoms with E-state index < -0.39 is 17.7 Å². The first-order valence-corrected chi connectivity index (χ1v) is 8.57. The van der Waals surface area contributed by atoms with Crippen LogP contribution in [0.5, 0.6) is 0 Å². The molecular formula is C20H21F3. The van der Waals surface area contributed by atoms with Crippen LogP contribution in [0.15, 0.2) is 30.3 Å². The van der Waals surface area contributed by atoms with Gasteiger partial charge < -0.3 is 0 Å². The summed E-state index contributed by atoms with van der Waals surface area (Å²) in [7, 11) is 0. The molecule has 1 saturated carbocycles. The molecule has 0 N–H and O–H groups in total. The van der Waals surface area contributed by atoms with E-state index in [-0.39, 0.29) is 11.5 Å². The van der Waals surface area contributed by atoms with Gasteiger partial charge in [-0.25, -0.2) is 13.2 Å². The highest BCUT2D eigenvalue weighted by atomic mass is 19.3. The molecule has 0 heterocycles. The number of benzene rings is 2. The number of fused-ring (bicyclic) bond motifs is 2. The lowest BCUT2D eigenvalue weighted by Crippen LogP contribution is -2.31. The van der Waals surface area contributed by atoms with Crippen molar-refractivity contribution in [1.82, 2.24) is 0 Å². The van der Waals surface area contributed by atoms with Crippen molar-refractivity contribution in [3.05, 3.63) is 47.3 Å². The first kappa shape index (κ1) is 15.0. The molecule has 4 rings (SSSR count). The average Bonchev–Trinajstić information content (AvgIpc) is 2.79. The van der Waals surface area contributed by atoms with Crippen LogP contribution < -0.4 is 0 Å². The Morgan fingerprint density at radius 3 is 2.48 bits per heavy atom. The Labute approximate surface area is 134 Å². The van der Waals surface area contributed by atoms with Gasteiger partial charge in [-0.05, 0) is 42.0 Å². The van der Waals surface area contributed by atoms with Gasteiger partial charge in [-0.3, -0.25) is 0 Å². The molecule has 1 atom stereocenters. The third-order valence-corrected chi connectivity index (χ3v) is 5.94. The lowest BCUT2D eigenvalue weighted by atomic mass is 9.74. The third kappa shape index (κ3) is 2.28. The maximum Gasteiger partial charge on any atom is 0.279 e. The van der Waals surface area contributed by atoms with Gasteiger partial charge >= 0.3 is 0 Å². The molecular weight excluding hydrogens is 297 g/mol. The molecule has 0 amide bonds. The Hall–Kier alpha value is -1.51. The molecule has 0 radical (unpaired) electrons. The van der Waals surface area contributed by atoms with Crippen LogP contribution in [0.3, 0.4) is 0 Å². The minimum Gasteiger partial charge on any atom is -0.206 e. The summed E-state index contributed by atoms with van der Waals surface area (Å²) in [6, 6.07) is 8.68. The van der Waals surface area contributed by atoms with Crippen molar-refractivity contribution in [2.75, 3.05) is 0 Å². The van der Waals surface area contributed by atoms with Crippen molar-refractivity contribution in [1.29, 1.82) is 0 Å². The van der Waals surface area contributed by atoms with Gasteiger partial charge in [0.1, 0.15) is 5.82 Å². The number of halogens is 3. The van der Waals surface area contributed by atoms with Gasteiger partial charge in [-0.15, -0.1) is 0 Å². The van der Waals surface area contributed by atoms with Gasteiger partial charge in [0.25, 0.3) is 5.92 Å². The zero-order valence-corrected chi connectivity index (χ0v) is 13.3. The average molecular weight is 318 g/mol. The molecule has 23 heavy (non-hydrogen) atoms. The largest absolute Gasteiger partial charge is 0.279 e. The molecule has 3 heteroatoms. The van der Waals surface area contributed by atoms with Crippen molar-refractivity contribution in [2.24, 2.45) is 17.8 Å². The van der Waals surface area contributed by atoms with Crippen molar-refractivity contribution < 1.29 is 13.2 Å². The molecule has 2 aliphatic rings. The maximum absolute atomic E-state index is 15.0. The molecule has 0 saturated heterocycles. The monoisotopic (exact) mass is 318 g/mol. The molecule has 0 bridgehead atoms. The van der Waals surface area contributed by atoms with Crippen molar-refractivity contribution >= 4 is 10.8 Å². The second kappa shape index (κ2) is 5.25. The topological polar surface area (TPSA) is 0 Å². The third-order valence-electron chi connectivity index (χ3n) is 5.94. The number of hydrogen-bond acceptors (Lipinski definition) is 0. The molecule has 1 fully saturated rings. The van der Waals surface area contributed by atoms with E-state index in [0.717, 1.165) is 31.1 Å². The van der Waals surface area contributed by atoms with E-state index in [4.69, 9.17) is 0 Å². The van der Waals surface area contributed by atoms with E-state index in [0.29, 0.717) is 23.3 Å². The van der Waals surface area contributed by atoms with Gasteiger partial charge in [0.15, 0.2) is 0 Å². The van der Waals surface area contributed by atoms with E-state index in [2.05, 4.69) is 6.92 Å². The standard InChI is InChI=1S/C20H21F3/c1-12-6-8-13(9-7-12)17-11-15-10-14-4-2-3-5-16(14)19(21)18(15)20(17,22)23/h2-5,10,12-13,17H,6-9,11H2,1H3. The van der Waals surface area contributed by atoms with Gasteiger partial charge in [0, 0.05) is 11.3 Å². The van der Waals surface area contributed by atoms with Crippen LogP contribution in [-0.4, -0.2) is 0 Å². The predicted octanol–water partition coefficient (Wildman–Crippen LogP) is 6.07. The summed E-state index contributed by atoms with van der Waals surface area (Å²) in [5.41, 5.74) is 0.176. The Morgan fingerprint density at radius 2 is 1.74 bits per heavy atom. The normalized spacial score (nSPS) is 29.7. The van der Waals surface area contributed by atoms with Crippen molar-refractivity contribution in [3.63, 3.8) is 0 Å². The van der Waals surface area contributed by atoms with Gasteiger partial charge in [-0.2, -0.15) is 0 Å². The van der Waals surface area contributed by atoms with Crippen LogP contribution in [0.25, 0.3) is 10.8 Å². The van der Waals surface area contributed by atoms with E-state index in [1.165, 1.54) is 0 Å². The van der Waals surface area contributed by atoms with Crippen molar-refractivity contribution in [2.45, 2.75) is 45.0 Å².